The molecular formula is C9H11Br2NS. The van der Waals surface area contributed by atoms with Gasteiger partial charge < -0.3 is 5.32 Å². The Morgan fingerprint density at radius 3 is 2.85 bits per heavy atom. The number of rotatable bonds is 4. The van der Waals surface area contributed by atoms with Crippen molar-refractivity contribution >= 4 is 43.2 Å². The van der Waals surface area contributed by atoms with Gasteiger partial charge in [-0.05, 0) is 34.5 Å². The maximum atomic E-state index is 3.76. The lowest BCUT2D eigenvalue weighted by Crippen LogP contribution is -2.13. The van der Waals surface area contributed by atoms with E-state index in [0.29, 0.717) is 0 Å². The van der Waals surface area contributed by atoms with Crippen LogP contribution in [0.4, 0.5) is 0 Å². The van der Waals surface area contributed by atoms with E-state index in [-0.39, 0.29) is 0 Å². The summed E-state index contributed by atoms with van der Waals surface area (Å²) in [7, 11) is 0. The van der Waals surface area contributed by atoms with E-state index in [1.807, 2.05) is 0 Å². The first-order chi connectivity index (χ1) is 6.09. The molecule has 1 aromatic heterocycles. The molecule has 0 saturated heterocycles. The second-order valence-electron chi connectivity index (χ2n) is 2.79. The van der Waals surface area contributed by atoms with Gasteiger partial charge >= 0.3 is 0 Å². The fourth-order valence-electron chi connectivity index (χ4n) is 0.932. The Morgan fingerprint density at radius 2 is 2.38 bits per heavy atom. The highest BCUT2D eigenvalue weighted by atomic mass is 79.9. The highest BCUT2D eigenvalue weighted by molar-refractivity contribution is 9.11. The van der Waals surface area contributed by atoms with Crippen LogP contribution in [0.1, 0.15) is 10.4 Å². The topological polar surface area (TPSA) is 12.0 Å². The van der Waals surface area contributed by atoms with Gasteiger partial charge in [0, 0.05) is 22.4 Å². The molecule has 72 valence electrons. The van der Waals surface area contributed by atoms with E-state index in [1.165, 1.54) is 14.2 Å². The number of hydrogen-bond acceptors (Lipinski definition) is 2. The van der Waals surface area contributed by atoms with E-state index in [2.05, 4.69) is 56.7 Å². The van der Waals surface area contributed by atoms with E-state index in [0.717, 1.165) is 17.6 Å². The molecule has 0 saturated carbocycles. The monoisotopic (exact) mass is 323 g/mol. The molecule has 13 heavy (non-hydrogen) atoms. The second kappa shape index (κ2) is 5.29. The number of thiophene rings is 1. The maximum Gasteiger partial charge on any atom is 0.0730 e. The molecule has 1 nitrogen and oxygen atoms in total. The molecule has 0 aliphatic rings. The molecule has 0 aliphatic carbocycles. The van der Waals surface area contributed by atoms with Crippen LogP contribution >= 0.6 is 43.2 Å². The van der Waals surface area contributed by atoms with Crippen LogP contribution in [0.15, 0.2) is 20.9 Å². The first-order valence-electron chi connectivity index (χ1n) is 3.88. The molecule has 0 aromatic carbocycles. The Balaban J connectivity index is 2.41. The van der Waals surface area contributed by atoms with Crippen molar-refractivity contribution in [1.82, 2.24) is 5.32 Å². The standard InChI is InChI=1S/C9H11Br2NS/c1-6-3-8(13-9(6)11)5-12-4-7(2)10/h3,12H,2,4-5H2,1H3. The normalized spacial score (nSPS) is 10.4. The Morgan fingerprint density at radius 1 is 1.69 bits per heavy atom. The van der Waals surface area contributed by atoms with Gasteiger partial charge in [-0.2, -0.15) is 0 Å². The van der Waals surface area contributed by atoms with Gasteiger partial charge in [0.15, 0.2) is 0 Å². The number of nitrogens with one attached hydrogen (secondary N) is 1. The molecule has 0 bridgehead atoms. The third-order valence-electron chi connectivity index (χ3n) is 1.52. The summed E-state index contributed by atoms with van der Waals surface area (Å²) < 4.78 is 2.21. The summed E-state index contributed by atoms with van der Waals surface area (Å²) in [4.78, 5) is 1.35. The molecule has 0 fully saturated rings. The molecule has 4 heteroatoms. The molecule has 0 aliphatic heterocycles. The zero-order valence-electron chi connectivity index (χ0n) is 7.36. The van der Waals surface area contributed by atoms with Crippen LogP contribution in [0.3, 0.4) is 0 Å². The van der Waals surface area contributed by atoms with E-state index in [4.69, 9.17) is 0 Å². The second-order valence-corrected chi connectivity index (χ2v) is 6.37. The average Bonchev–Trinajstić information content (AvgIpc) is 2.30. The summed E-state index contributed by atoms with van der Waals surface area (Å²) in [5.41, 5.74) is 1.31. The Kier molecular flexibility index (Phi) is 4.66. The van der Waals surface area contributed by atoms with Gasteiger partial charge in [0.05, 0.1) is 3.79 Å². The fourth-order valence-corrected chi connectivity index (χ4v) is 2.73. The van der Waals surface area contributed by atoms with Crippen LogP contribution < -0.4 is 5.32 Å². The number of aryl methyl sites for hydroxylation is 1. The van der Waals surface area contributed by atoms with Gasteiger partial charge in [0.1, 0.15) is 0 Å². The van der Waals surface area contributed by atoms with Crippen LogP contribution in [-0.4, -0.2) is 6.54 Å². The van der Waals surface area contributed by atoms with Crippen molar-refractivity contribution < 1.29 is 0 Å². The maximum absolute atomic E-state index is 3.76. The van der Waals surface area contributed by atoms with Gasteiger partial charge in [-0.25, -0.2) is 0 Å². The Bertz CT molecular complexity index is 287. The summed E-state index contributed by atoms with van der Waals surface area (Å²) in [5.74, 6) is 0. The summed E-state index contributed by atoms with van der Waals surface area (Å²) >= 11 is 8.58. The molecule has 0 spiro atoms. The van der Waals surface area contributed by atoms with Gasteiger partial charge in [-0.1, -0.05) is 22.5 Å². The van der Waals surface area contributed by atoms with Crippen LogP contribution in [0, 0.1) is 6.92 Å². The molecule has 1 rings (SSSR count). The molecular weight excluding hydrogens is 314 g/mol. The largest absolute Gasteiger partial charge is 0.307 e. The van der Waals surface area contributed by atoms with Crippen molar-refractivity contribution in [2.24, 2.45) is 0 Å². The molecule has 0 radical (unpaired) electrons. The third kappa shape index (κ3) is 3.94. The lowest BCUT2D eigenvalue weighted by atomic mass is 10.3. The summed E-state index contributed by atoms with van der Waals surface area (Å²) in [6, 6.07) is 2.19. The van der Waals surface area contributed by atoms with Crippen molar-refractivity contribution in [3.05, 3.63) is 31.4 Å². The van der Waals surface area contributed by atoms with Crippen molar-refractivity contribution in [2.45, 2.75) is 13.5 Å². The lowest BCUT2D eigenvalue weighted by molar-refractivity contribution is 0.767. The zero-order chi connectivity index (χ0) is 9.84. The van der Waals surface area contributed by atoms with E-state index in [1.54, 1.807) is 11.3 Å². The van der Waals surface area contributed by atoms with Crippen molar-refractivity contribution in [1.29, 1.82) is 0 Å². The van der Waals surface area contributed by atoms with Gasteiger partial charge in [-0.15, -0.1) is 11.3 Å². The van der Waals surface area contributed by atoms with Gasteiger partial charge in [-0.3, -0.25) is 0 Å². The van der Waals surface area contributed by atoms with Crippen LogP contribution in [-0.2, 0) is 6.54 Å². The van der Waals surface area contributed by atoms with E-state index >= 15 is 0 Å². The molecule has 0 amide bonds. The smallest absolute Gasteiger partial charge is 0.0730 e. The average molecular weight is 325 g/mol. The number of hydrogen-bond donors (Lipinski definition) is 1. The Labute approximate surface area is 99.5 Å². The molecule has 1 N–H and O–H groups in total. The zero-order valence-corrected chi connectivity index (χ0v) is 11.4. The van der Waals surface area contributed by atoms with Crippen molar-refractivity contribution in [2.75, 3.05) is 6.54 Å². The van der Waals surface area contributed by atoms with Crippen LogP contribution in [0.5, 0.6) is 0 Å². The van der Waals surface area contributed by atoms with Crippen LogP contribution in [0.2, 0.25) is 0 Å². The highest BCUT2D eigenvalue weighted by Gasteiger charge is 2.01. The van der Waals surface area contributed by atoms with Crippen LogP contribution in [0.25, 0.3) is 0 Å². The summed E-state index contributed by atoms with van der Waals surface area (Å²) in [5, 5.41) is 3.28. The molecule has 1 heterocycles. The Hall–Kier alpha value is 0.360. The first-order valence-corrected chi connectivity index (χ1v) is 6.28. The molecule has 1 aromatic rings. The minimum atomic E-state index is 0.814. The minimum absolute atomic E-state index is 0.814. The minimum Gasteiger partial charge on any atom is -0.307 e. The molecule has 0 unspecified atom stereocenters. The van der Waals surface area contributed by atoms with Gasteiger partial charge in [0.2, 0.25) is 0 Å². The first kappa shape index (κ1) is 11.4. The quantitative estimate of drug-likeness (QED) is 0.887. The summed E-state index contributed by atoms with van der Waals surface area (Å²) in [6.45, 7) is 7.58. The summed E-state index contributed by atoms with van der Waals surface area (Å²) in [6.07, 6.45) is 0. The predicted octanol–water partition coefficient (Wildman–Crippen LogP) is 3.82. The highest BCUT2D eigenvalue weighted by Crippen LogP contribution is 2.27. The predicted molar refractivity (Wildman–Crippen MR) is 66.5 cm³/mol. The van der Waals surface area contributed by atoms with E-state index in [9.17, 15) is 0 Å². The van der Waals surface area contributed by atoms with Gasteiger partial charge in [0.25, 0.3) is 0 Å². The van der Waals surface area contributed by atoms with Crippen molar-refractivity contribution in [3.63, 3.8) is 0 Å². The lowest BCUT2D eigenvalue weighted by Gasteiger charge is -1.99. The SMILES string of the molecule is C=C(Br)CNCc1cc(C)c(Br)s1. The van der Waals surface area contributed by atoms with Crippen molar-refractivity contribution in [3.8, 4) is 0 Å². The third-order valence-corrected chi connectivity index (χ3v) is 3.94. The van der Waals surface area contributed by atoms with E-state index < -0.39 is 0 Å². The fraction of sp³-hybridized carbons (Fsp3) is 0.333. The number of halogens is 2. The molecule has 0 atom stereocenters.